The monoisotopic (exact) mass is 205 g/mol. The van der Waals surface area contributed by atoms with Gasteiger partial charge in [0.25, 0.3) is 0 Å². The molecule has 0 aliphatic carbocycles. The molecule has 0 heterocycles. The Morgan fingerprint density at radius 2 is 1.79 bits per heavy atom. The number of hydrogen-bond acceptors (Lipinski definition) is 4. The van der Waals surface area contributed by atoms with Crippen LogP contribution in [0.4, 0.5) is 0 Å². The highest BCUT2D eigenvalue weighted by Crippen LogP contribution is 1.91. The van der Waals surface area contributed by atoms with Crippen LogP contribution in [0, 0.1) is 0 Å². The van der Waals surface area contributed by atoms with E-state index in [-0.39, 0.29) is 0 Å². The lowest BCUT2D eigenvalue weighted by Gasteiger charge is -1.95. The highest BCUT2D eigenvalue weighted by molar-refractivity contribution is 5.66. The summed E-state index contributed by atoms with van der Waals surface area (Å²) in [6, 6.07) is 0. The summed E-state index contributed by atoms with van der Waals surface area (Å²) in [7, 11) is 0. The molecule has 0 rings (SSSR count). The second-order valence-corrected chi connectivity index (χ2v) is 2.82. The molecule has 0 aliphatic heterocycles. The first-order chi connectivity index (χ1) is 6.68. The Morgan fingerprint density at radius 1 is 1.29 bits per heavy atom. The molecule has 0 aromatic carbocycles. The van der Waals surface area contributed by atoms with E-state index in [9.17, 15) is 4.79 Å². The minimum Gasteiger partial charge on any atom is -0.481 e. The maximum Gasteiger partial charge on any atom is 0.303 e. The number of nitrogens with two attached hydrogens (primary N) is 2. The molecule has 5 nitrogen and oxygen atoms in total. The van der Waals surface area contributed by atoms with Crippen LogP contribution in [0.3, 0.4) is 0 Å². The number of rotatable bonds is 7. The van der Waals surface area contributed by atoms with Crippen molar-refractivity contribution in [2.75, 3.05) is 26.2 Å². The second-order valence-electron chi connectivity index (χ2n) is 2.82. The molecule has 5 heteroatoms. The Labute approximate surface area is 85.9 Å². The summed E-state index contributed by atoms with van der Waals surface area (Å²) in [5.74, 6) is -0.693. The third-order valence-electron chi connectivity index (χ3n) is 1.39. The molecule has 0 unspecified atom stereocenters. The number of hydrogen-bond donors (Lipinski definition) is 4. The number of unbranched alkanes of at least 4 members (excludes halogenated alkanes) is 1. The second kappa shape index (κ2) is 14.9. The van der Waals surface area contributed by atoms with Crippen molar-refractivity contribution in [3.05, 3.63) is 0 Å². The zero-order chi connectivity index (χ0) is 11.2. The lowest BCUT2D eigenvalue weighted by atomic mass is 10.3. The van der Waals surface area contributed by atoms with Crippen LogP contribution in [0.15, 0.2) is 0 Å². The molecule has 0 atom stereocenters. The van der Waals surface area contributed by atoms with Crippen molar-refractivity contribution < 1.29 is 9.90 Å². The number of carboxylic acid groups (broad SMARTS) is 1. The average Bonchev–Trinajstić information content (AvgIpc) is 2.16. The fourth-order valence-electron chi connectivity index (χ4n) is 0.657. The maximum atomic E-state index is 9.76. The van der Waals surface area contributed by atoms with Crippen molar-refractivity contribution in [3.63, 3.8) is 0 Å². The first-order valence-corrected chi connectivity index (χ1v) is 5.01. The quantitative estimate of drug-likeness (QED) is 0.429. The van der Waals surface area contributed by atoms with E-state index in [0.29, 0.717) is 19.5 Å². The van der Waals surface area contributed by atoms with Gasteiger partial charge in [-0.15, -0.1) is 0 Å². The Morgan fingerprint density at radius 3 is 2.00 bits per heavy atom. The number of nitrogens with one attached hydrogen (secondary N) is 1. The smallest absolute Gasteiger partial charge is 0.303 e. The van der Waals surface area contributed by atoms with E-state index < -0.39 is 5.97 Å². The minimum absolute atomic E-state index is 0.316. The zero-order valence-corrected chi connectivity index (χ0v) is 8.96. The van der Waals surface area contributed by atoms with Crippen molar-refractivity contribution in [2.24, 2.45) is 11.5 Å². The van der Waals surface area contributed by atoms with Crippen molar-refractivity contribution in [2.45, 2.75) is 26.2 Å². The zero-order valence-electron chi connectivity index (χ0n) is 8.96. The summed E-state index contributed by atoms with van der Waals surface area (Å²) in [5, 5.41) is 11.1. The normalized spacial score (nSPS) is 9.07. The first kappa shape index (κ1) is 15.8. The van der Waals surface area contributed by atoms with Crippen LogP contribution >= 0.6 is 0 Å². The molecule has 0 saturated carbocycles. The molecule has 0 aromatic rings. The topological polar surface area (TPSA) is 101 Å². The van der Waals surface area contributed by atoms with E-state index >= 15 is 0 Å². The molecule has 0 radical (unpaired) electrons. The van der Waals surface area contributed by atoms with Crippen LogP contribution < -0.4 is 16.8 Å². The van der Waals surface area contributed by atoms with E-state index in [1.807, 2.05) is 6.92 Å². The summed E-state index contributed by atoms with van der Waals surface area (Å²) in [5.41, 5.74) is 10.3. The van der Waals surface area contributed by atoms with Crippen molar-refractivity contribution >= 4 is 5.97 Å². The van der Waals surface area contributed by atoms with E-state index in [1.54, 1.807) is 0 Å². The van der Waals surface area contributed by atoms with Gasteiger partial charge in [0.05, 0.1) is 0 Å². The predicted octanol–water partition coefficient (Wildman–Crippen LogP) is -0.245. The number of aliphatic carboxylic acids is 1. The van der Waals surface area contributed by atoms with Gasteiger partial charge in [-0.1, -0.05) is 13.3 Å². The summed E-state index contributed by atoms with van der Waals surface area (Å²) in [6.07, 6.45) is 2.08. The largest absolute Gasteiger partial charge is 0.481 e. The minimum atomic E-state index is -0.693. The van der Waals surface area contributed by atoms with Gasteiger partial charge in [-0.25, -0.2) is 0 Å². The van der Waals surface area contributed by atoms with E-state index in [0.717, 1.165) is 25.9 Å². The molecule has 0 fully saturated rings. The van der Waals surface area contributed by atoms with Crippen LogP contribution in [-0.4, -0.2) is 37.3 Å². The highest BCUT2D eigenvalue weighted by atomic mass is 16.4. The third kappa shape index (κ3) is 22.5. The fraction of sp³-hybridized carbons (Fsp3) is 0.889. The van der Waals surface area contributed by atoms with Crippen molar-refractivity contribution in [1.82, 2.24) is 5.32 Å². The molecule has 6 N–H and O–H groups in total. The van der Waals surface area contributed by atoms with Gasteiger partial charge in [-0.3, -0.25) is 4.79 Å². The Bertz CT molecular complexity index is 117. The lowest BCUT2D eigenvalue weighted by Crippen LogP contribution is -2.27. The molecule has 0 aromatic heterocycles. The standard InChI is InChI=1S/C5H10O2.C4H13N3/c1-2-3-4-5(6)7;5-1-3-7-4-2-6/h2-4H2,1H3,(H,6,7);7H,1-6H2. The number of carboxylic acids is 1. The van der Waals surface area contributed by atoms with Gasteiger partial charge in [0.2, 0.25) is 0 Å². The molecular formula is C9H23N3O2. The van der Waals surface area contributed by atoms with Crippen LogP contribution in [0.2, 0.25) is 0 Å². The maximum absolute atomic E-state index is 9.76. The van der Waals surface area contributed by atoms with Gasteiger partial charge in [0.15, 0.2) is 0 Å². The summed E-state index contributed by atoms with van der Waals surface area (Å²) in [6.45, 7) is 5.11. The molecule has 0 aliphatic rings. The van der Waals surface area contributed by atoms with Gasteiger partial charge in [0.1, 0.15) is 0 Å². The predicted molar refractivity (Wildman–Crippen MR) is 58.1 cm³/mol. The van der Waals surface area contributed by atoms with Gasteiger partial charge in [-0.2, -0.15) is 0 Å². The van der Waals surface area contributed by atoms with Crippen LogP contribution in [0.25, 0.3) is 0 Å². The van der Waals surface area contributed by atoms with E-state index in [4.69, 9.17) is 16.6 Å². The van der Waals surface area contributed by atoms with Gasteiger partial charge in [0, 0.05) is 32.6 Å². The molecule has 14 heavy (non-hydrogen) atoms. The molecule has 0 amide bonds. The molecule has 0 saturated heterocycles. The first-order valence-electron chi connectivity index (χ1n) is 5.01. The van der Waals surface area contributed by atoms with E-state index in [1.165, 1.54) is 0 Å². The van der Waals surface area contributed by atoms with Crippen LogP contribution in [0.1, 0.15) is 26.2 Å². The van der Waals surface area contributed by atoms with Crippen LogP contribution in [-0.2, 0) is 4.79 Å². The Hall–Kier alpha value is -0.650. The lowest BCUT2D eigenvalue weighted by molar-refractivity contribution is -0.137. The summed E-state index contributed by atoms with van der Waals surface area (Å²) in [4.78, 5) is 9.76. The van der Waals surface area contributed by atoms with Crippen molar-refractivity contribution in [3.8, 4) is 0 Å². The summed E-state index contributed by atoms with van der Waals surface area (Å²) >= 11 is 0. The van der Waals surface area contributed by atoms with Gasteiger partial charge in [-0.05, 0) is 6.42 Å². The Balaban J connectivity index is 0. The SMILES string of the molecule is CCCCC(=O)O.NCCNCCN. The summed E-state index contributed by atoms with van der Waals surface area (Å²) < 4.78 is 0. The van der Waals surface area contributed by atoms with Gasteiger partial charge < -0.3 is 21.9 Å². The highest BCUT2D eigenvalue weighted by Gasteiger charge is 1.90. The fourth-order valence-corrected chi connectivity index (χ4v) is 0.657. The molecule has 86 valence electrons. The van der Waals surface area contributed by atoms with Gasteiger partial charge >= 0.3 is 5.97 Å². The molecule has 0 spiro atoms. The molecule has 0 bridgehead atoms. The van der Waals surface area contributed by atoms with Crippen molar-refractivity contribution in [1.29, 1.82) is 0 Å². The number of carbonyl (C=O) groups is 1. The third-order valence-corrected chi connectivity index (χ3v) is 1.39. The van der Waals surface area contributed by atoms with Crippen LogP contribution in [0.5, 0.6) is 0 Å². The Kier molecular flexibility index (Phi) is 16.8. The van der Waals surface area contributed by atoms with E-state index in [2.05, 4.69) is 5.32 Å². The average molecular weight is 205 g/mol. The molecular weight excluding hydrogens is 182 g/mol.